The summed E-state index contributed by atoms with van der Waals surface area (Å²) in [5.74, 6) is 0. The Hall–Kier alpha value is -0.920. The zero-order valence-corrected chi connectivity index (χ0v) is 13.8. The zero-order valence-electron chi connectivity index (χ0n) is 13.0. The third-order valence-corrected chi connectivity index (χ3v) is 4.72. The molecule has 1 N–H and O–H groups in total. The fourth-order valence-electron chi connectivity index (χ4n) is 2.81. The van der Waals surface area contributed by atoms with Gasteiger partial charge in [-0.15, -0.1) is 0 Å². The van der Waals surface area contributed by atoms with Crippen LogP contribution in [-0.2, 0) is 23.0 Å². The van der Waals surface area contributed by atoms with Crippen molar-refractivity contribution < 1.29 is 8.42 Å². The maximum Gasteiger partial charge on any atom is 0.208 e. The molecular weight excluding hydrogens is 288 g/mol. The number of likely N-dealkylation sites (tertiary alicyclic amines) is 1. The molecule has 1 fully saturated rings. The van der Waals surface area contributed by atoms with E-state index in [-0.39, 0.29) is 0 Å². The lowest BCUT2D eigenvalue weighted by molar-refractivity contribution is 0.152. The maximum absolute atomic E-state index is 11.3. The number of hydrogen-bond acceptors (Lipinski definition) is 4. The van der Waals surface area contributed by atoms with E-state index in [0.29, 0.717) is 12.6 Å². The molecule has 0 aliphatic carbocycles. The fraction of sp³-hybridized carbons (Fsp3) is 0.786. The first-order valence-corrected chi connectivity index (χ1v) is 9.57. The van der Waals surface area contributed by atoms with Gasteiger partial charge in [-0.2, -0.15) is 5.10 Å². The minimum absolute atomic E-state index is 0.315. The van der Waals surface area contributed by atoms with Gasteiger partial charge in [0.05, 0.1) is 12.5 Å². The van der Waals surface area contributed by atoms with Crippen molar-refractivity contribution in [2.45, 2.75) is 45.2 Å². The Morgan fingerprint density at radius 2 is 2.24 bits per heavy atom. The number of hydrogen-bond donors (Lipinski definition) is 1. The Bertz CT molecular complexity index is 541. The summed E-state index contributed by atoms with van der Waals surface area (Å²) in [6, 6.07) is 0.315. The van der Waals surface area contributed by atoms with Crippen LogP contribution in [0.25, 0.3) is 0 Å². The maximum atomic E-state index is 11.3. The molecule has 0 bridgehead atoms. The van der Waals surface area contributed by atoms with E-state index in [1.165, 1.54) is 24.7 Å². The third kappa shape index (κ3) is 5.41. The highest BCUT2D eigenvalue weighted by molar-refractivity contribution is 7.88. The van der Waals surface area contributed by atoms with Crippen molar-refractivity contribution in [3.63, 3.8) is 0 Å². The number of rotatable bonds is 7. The molecule has 7 heteroatoms. The lowest BCUT2D eigenvalue weighted by Gasteiger charge is -2.35. The van der Waals surface area contributed by atoms with Crippen molar-refractivity contribution >= 4 is 10.0 Å². The first-order chi connectivity index (χ1) is 9.98. The van der Waals surface area contributed by atoms with Gasteiger partial charge < -0.3 is 0 Å². The summed E-state index contributed by atoms with van der Waals surface area (Å²) in [4.78, 5) is 2.41. The van der Waals surface area contributed by atoms with E-state index in [2.05, 4.69) is 27.8 Å². The van der Waals surface area contributed by atoms with Crippen molar-refractivity contribution in [2.75, 3.05) is 25.9 Å². The van der Waals surface area contributed by atoms with Crippen molar-refractivity contribution in [2.24, 2.45) is 0 Å². The average molecular weight is 314 g/mol. The molecule has 2 rings (SSSR count). The van der Waals surface area contributed by atoms with Crippen molar-refractivity contribution in [3.8, 4) is 0 Å². The number of nitrogens with zero attached hydrogens (tertiary/aromatic N) is 3. The molecule has 0 aromatic carbocycles. The van der Waals surface area contributed by atoms with Crippen molar-refractivity contribution in [1.29, 1.82) is 0 Å². The van der Waals surface area contributed by atoms with Gasteiger partial charge in [0.15, 0.2) is 0 Å². The number of sulfonamides is 1. The van der Waals surface area contributed by atoms with E-state index in [0.717, 1.165) is 32.5 Å². The fourth-order valence-corrected chi connectivity index (χ4v) is 3.31. The standard InChI is InChI=1S/C14H26N4O2S/c1-3-18-12-13(10-15-18)7-9-17-8-5-4-6-14(17)11-16-21(2,19)20/h10,12,14,16H,3-9,11H2,1-2H3. The molecule has 2 heterocycles. The van der Waals surface area contributed by atoms with Gasteiger partial charge in [0.25, 0.3) is 0 Å². The molecule has 1 aromatic heterocycles. The molecular formula is C14H26N4O2S. The topological polar surface area (TPSA) is 67.2 Å². The lowest BCUT2D eigenvalue weighted by Crippen LogP contribution is -2.47. The second-order valence-electron chi connectivity index (χ2n) is 5.76. The minimum atomic E-state index is -3.10. The van der Waals surface area contributed by atoms with Crippen LogP contribution >= 0.6 is 0 Å². The molecule has 0 radical (unpaired) electrons. The number of nitrogens with one attached hydrogen (secondary N) is 1. The van der Waals surface area contributed by atoms with Crippen LogP contribution in [0.5, 0.6) is 0 Å². The first-order valence-electron chi connectivity index (χ1n) is 7.68. The quantitative estimate of drug-likeness (QED) is 0.810. The highest BCUT2D eigenvalue weighted by Crippen LogP contribution is 2.17. The van der Waals surface area contributed by atoms with E-state index in [1.54, 1.807) is 0 Å². The normalized spacial score (nSPS) is 20.8. The van der Waals surface area contributed by atoms with Gasteiger partial charge >= 0.3 is 0 Å². The Labute approximate surface area is 127 Å². The Morgan fingerprint density at radius 3 is 2.90 bits per heavy atom. The number of piperidine rings is 1. The Kier molecular flexibility index (Phi) is 5.78. The van der Waals surface area contributed by atoms with E-state index in [9.17, 15) is 8.42 Å². The smallest absolute Gasteiger partial charge is 0.208 e. The molecule has 120 valence electrons. The van der Waals surface area contributed by atoms with Crippen LogP contribution in [0.1, 0.15) is 31.7 Å². The van der Waals surface area contributed by atoms with Crippen LogP contribution in [0, 0.1) is 0 Å². The van der Waals surface area contributed by atoms with E-state index in [4.69, 9.17) is 0 Å². The summed E-state index contributed by atoms with van der Waals surface area (Å²) in [6.45, 7) is 5.51. The molecule has 1 aliphatic heterocycles. The molecule has 0 saturated carbocycles. The van der Waals surface area contributed by atoms with Gasteiger partial charge in [0.1, 0.15) is 0 Å². The minimum Gasteiger partial charge on any atom is -0.299 e. The summed E-state index contributed by atoms with van der Waals surface area (Å²) < 4.78 is 27.1. The largest absolute Gasteiger partial charge is 0.299 e. The monoisotopic (exact) mass is 314 g/mol. The van der Waals surface area contributed by atoms with Gasteiger partial charge in [-0.05, 0) is 38.3 Å². The molecule has 1 unspecified atom stereocenters. The second-order valence-corrected chi connectivity index (χ2v) is 7.59. The Balaban J connectivity index is 1.86. The average Bonchev–Trinajstić information content (AvgIpc) is 2.91. The van der Waals surface area contributed by atoms with Gasteiger partial charge in [-0.25, -0.2) is 13.1 Å². The molecule has 0 amide bonds. The Morgan fingerprint density at radius 1 is 1.43 bits per heavy atom. The summed E-state index contributed by atoms with van der Waals surface area (Å²) in [7, 11) is -3.10. The molecule has 1 aromatic rings. The van der Waals surface area contributed by atoms with Gasteiger partial charge in [-0.3, -0.25) is 9.58 Å². The highest BCUT2D eigenvalue weighted by Gasteiger charge is 2.22. The van der Waals surface area contributed by atoms with Gasteiger partial charge in [0, 0.05) is 31.9 Å². The predicted octanol–water partition coefficient (Wildman–Crippen LogP) is 0.849. The van der Waals surface area contributed by atoms with Crippen LogP contribution in [-0.4, -0.2) is 55.0 Å². The summed E-state index contributed by atoms with van der Waals surface area (Å²) in [6.07, 6.45) is 9.65. The first kappa shape index (κ1) is 16.5. The van der Waals surface area contributed by atoms with E-state index in [1.807, 2.05) is 10.9 Å². The van der Waals surface area contributed by atoms with Crippen molar-refractivity contribution in [1.82, 2.24) is 19.4 Å². The van der Waals surface area contributed by atoms with Crippen LogP contribution < -0.4 is 4.72 Å². The second kappa shape index (κ2) is 7.38. The van der Waals surface area contributed by atoms with E-state index < -0.39 is 10.0 Å². The van der Waals surface area contributed by atoms with E-state index >= 15 is 0 Å². The van der Waals surface area contributed by atoms with Crippen molar-refractivity contribution in [3.05, 3.63) is 18.0 Å². The molecule has 1 aliphatic rings. The highest BCUT2D eigenvalue weighted by atomic mass is 32.2. The SMILES string of the molecule is CCn1cc(CCN2CCCCC2CNS(C)(=O)=O)cn1. The van der Waals surface area contributed by atoms with Crippen LogP contribution in [0.2, 0.25) is 0 Å². The van der Waals surface area contributed by atoms with Gasteiger partial charge in [0.2, 0.25) is 10.0 Å². The van der Waals surface area contributed by atoms with Crippen LogP contribution in [0.15, 0.2) is 12.4 Å². The summed E-state index contributed by atoms with van der Waals surface area (Å²) >= 11 is 0. The third-order valence-electron chi connectivity index (χ3n) is 4.03. The van der Waals surface area contributed by atoms with Crippen LogP contribution in [0.4, 0.5) is 0 Å². The molecule has 1 saturated heterocycles. The molecule has 21 heavy (non-hydrogen) atoms. The number of aryl methyl sites for hydroxylation is 1. The molecule has 1 atom stereocenters. The molecule has 0 spiro atoms. The molecule has 6 nitrogen and oxygen atoms in total. The lowest BCUT2D eigenvalue weighted by atomic mass is 10.0. The summed E-state index contributed by atoms with van der Waals surface area (Å²) in [5.41, 5.74) is 1.25. The summed E-state index contributed by atoms with van der Waals surface area (Å²) in [5, 5.41) is 4.29. The predicted molar refractivity (Wildman–Crippen MR) is 83.7 cm³/mol. The van der Waals surface area contributed by atoms with Gasteiger partial charge in [-0.1, -0.05) is 6.42 Å². The zero-order chi connectivity index (χ0) is 15.3. The van der Waals surface area contributed by atoms with Crippen LogP contribution in [0.3, 0.4) is 0 Å². The number of aromatic nitrogens is 2.